The number of carboxylic acid groups (broad SMARTS) is 1. The average Bonchev–Trinajstić information content (AvgIpc) is 2.39. The van der Waals surface area contributed by atoms with Crippen molar-refractivity contribution in [2.75, 3.05) is 13.1 Å². The second kappa shape index (κ2) is 5.57. The largest absolute Gasteiger partial charge is 0.465 e. The molecular weight excluding hydrogens is 252 g/mol. The minimum atomic E-state index is -1.18. The molecule has 1 saturated heterocycles. The van der Waals surface area contributed by atoms with Gasteiger partial charge in [0.1, 0.15) is 0 Å². The Kier molecular flexibility index (Phi) is 4.78. The van der Waals surface area contributed by atoms with E-state index in [0.717, 1.165) is 19.3 Å². The van der Waals surface area contributed by atoms with Gasteiger partial charge in [0.15, 0.2) is 0 Å². The van der Waals surface area contributed by atoms with Gasteiger partial charge in [-0.15, -0.1) is 0 Å². The van der Waals surface area contributed by atoms with Crippen LogP contribution < -0.4 is 4.72 Å². The fraction of sp³-hybridized carbons (Fsp3) is 0.917. The van der Waals surface area contributed by atoms with Crippen LogP contribution in [0.3, 0.4) is 0 Å². The third-order valence-electron chi connectivity index (χ3n) is 3.11. The molecule has 2 atom stereocenters. The first-order valence-corrected chi connectivity index (χ1v) is 7.47. The molecule has 0 bridgehead atoms. The van der Waals surface area contributed by atoms with Crippen LogP contribution in [-0.2, 0) is 11.0 Å². The fourth-order valence-electron chi connectivity index (χ4n) is 2.02. The van der Waals surface area contributed by atoms with Crippen molar-refractivity contribution < 1.29 is 14.1 Å². The number of nitrogens with one attached hydrogen (secondary N) is 1. The van der Waals surface area contributed by atoms with Crippen LogP contribution in [0.1, 0.15) is 47.0 Å². The molecule has 106 valence electrons. The number of hydrogen-bond donors (Lipinski definition) is 2. The molecule has 2 unspecified atom stereocenters. The summed E-state index contributed by atoms with van der Waals surface area (Å²) in [4.78, 5) is 12.5. The van der Waals surface area contributed by atoms with Crippen molar-refractivity contribution in [3.63, 3.8) is 0 Å². The van der Waals surface area contributed by atoms with Gasteiger partial charge < -0.3 is 10.0 Å². The molecule has 1 aliphatic heterocycles. The topological polar surface area (TPSA) is 69.6 Å². The minimum Gasteiger partial charge on any atom is -0.465 e. The Morgan fingerprint density at radius 1 is 1.39 bits per heavy atom. The Balaban J connectivity index is 2.77. The highest BCUT2D eigenvalue weighted by atomic mass is 32.2. The maximum Gasteiger partial charge on any atom is 0.407 e. The fourth-order valence-corrected chi connectivity index (χ4v) is 2.94. The molecule has 6 heteroatoms. The first-order valence-electron chi connectivity index (χ1n) is 6.32. The van der Waals surface area contributed by atoms with Gasteiger partial charge in [-0.05, 0) is 47.0 Å². The maximum absolute atomic E-state index is 12.2. The molecule has 0 radical (unpaired) electrons. The molecule has 1 fully saturated rings. The zero-order valence-corrected chi connectivity index (χ0v) is 12.5. The van der Waals surface area contributed by atoms with E-state index in [2.05, 4.69) is 4.72 Å². The van der Waals surface area contributed by atoms with Gasteiger partial charge in [0.2, 0.25) is 0 Å². The van der Waals surface area contributed by atoms with E-state index in [1.165, 1.54) is 4.90 Å². The Morgan fingerprint density at radius 2 is 2.00 bits per heavy atom. The van der Waals surface area contributed by atoms with Crippen molar-refractivity contribution in [1.82, 2.24) is 9.62 Å². The van der Waals surface area contributed by atoms with Crippen molar-refractivity contribution in [2.24, 2.45) is 0 Å². The molecule has 1 rings (SSSR count). The molecule has 18 heavy (non-hydrogen) atoms. The molecule has 0 aliphatic carbocycles. The molecule has 0 spiro atoms. The highest BCUT2D eigenvalue weighted by molar-refractivity contribution is 7.84. The molecule has 1 amide bonds. The summed E-state index contributed by atoms with van der Waals surface area (Å²) in [6, 6.07) is 0. The first-order chi connectivity index (χ1) is 8.14. The van der Waals surface area contributed by atoms with Gasteiger partial charge in [0, 0.05) is 18.6 Å². The van der Waals surface area contributed by atoms with Crippen LogP contribution in [0.25, 0.3) is 0 Å². The van der Waals surface area contributed by atoms with Gasteiger partial charge in [-0.2, -0.15) is 0 Å². The molecule has 0 saturated carbocycles. The predicted octanol–water partition coefficient (Wildman–Crippen LogP) is 1.96. The van der Waals surface area contributed by atoms with E-state index in [1.807, 2.05) is 27.7 Å². The zero-order chi connectivity index (χ0) is 14.0. The Labute approximate surface area is 112 Å². The molecule has 0 aromatic rings. The monoisotopic (exact) mass is 276 g/mol. The lowest BCUT2D eigenvalue weighted by atomic mass is 9.98. The molecule has 2 N–H and O–H groups in total. The van der Waals surface area contributed by atoms with Crippen molar-refractivity contribution in [2.45, 2.75) is 57.2 Å². The summed E-state index contributed by atoms with van der Waals surface area (Å²) in [5.41, 5.74) is -0.410. The lowest BCUT2D eigenvalue weighted by molar-refractivity contribution is 0.136. The normalized spacial score (nSPS) is 27.7. The van der Waals surface area contributed by atoms with E-state index < -0.39 is 22.6 Å². The third-order valence-corrected chi connectivity index (χ3v) is 4.90. The number of likely N-dealkylation sites (tertiary alicyclic amines) is 1. The number of hydrogen-bond acceptors (Lipinski definition) is 2. The van der Waals surface area contributed by atoms with E-state index in [9.17, 15) is 9.00 Å². The van der Waals surface area contributed by atoms with Crippen LogP contribution in [0.2, 0.25) is 0 Å². The molecule has 5 nitrogen and oxygen atoms in total. The van der Waals surface area contributed by atoms with Gasteiger partial charge in [-0.1, -0.05) is 0 Å². The van der Waals surface area contributed by atoms with E-state index in [4.69, 9.17) is 5.11 Å². The van der Waals surface area contributed by atoms with Crippen LogP contribution in [-0.4, -0.2) is 43.7 Å². The number of nitrogens with zero attached hydrogens (tertiary/aromatic N) is 1. The van der Waals surface area contributed by atoms with Crippen LogP contribution >= 0.6 is 0 Å². The lowest BCUT2D eigenvalue weighted by Gasteiger charge is -2.34. The molecule has 0 aromatic heterocycles. The molecular formula is C12H24N2O3S. The lowest BCUT2D eigenvalue weighted by Crippen LogP contribution is -2.54. The number of carbonyl (C=O) groups is 1. The number of amides is 1. The summed E-state index contributed by atoms with van der Waals surface area (Å²) in [6.07, 6.45) is 1.77. The smallest absolute Gasteiger partial charge is 0.407 e. The molecule has 0 aromatic carbocycles. The van der Waals surface area contributed by atoms with Crippen LogP contribution in [0, 0.1) is 0 Å². The first kappa shape index (κ1) is 15.4. The summed E-state index contributed by atoms with van der Waals surface area (Å²) in [6.45, 7) is 8.64. The third kappa shape index (κ3) is 4.24. The van der Waals surface area contributed by atoms with Gasteiger partial charge in [-0.25, -0.2) is 13.7 Å². The SMILES string of the molecule is CC1(NS(=O)C(C)(C)C)CCCCN(C(=O)O)C1. The van der Waals surface area contributed by atoms with E-state index in [1.54, 1.807) is 0 Å². The van der Waals surface area contributed by atoms with E-state index in [0.29, 0.717) is 13.1 Å². The van der Waals surface area contributed by atoms with Crippen LogP contribution in [0.15, 0.2) is 0 Å². The van der Waals surface area contributed by atoms with Gasteiger partial charge in [-0.3, -0.25) is 0 Å². The van der Waals surface area contributed by atoms with E-state index in [-0.39, 0.29) is 4.75 Å². The second-order valence-corrected chi connectivity index (χ2v) is 8.17. The van der Waals surface area contributed by atoms with Crippen LogP contribution in [0.4, 0.5) is 4.79 Å². The van der Waals surface area contributed by atoms with Crippen molar-refractivity contribution >= 4 is 17.1 Å². The van der Waals surface area contributed by atoms with Crippen molar-refractivity contribution in [3.8, 4) is 0 Å². The van der Waals surface area contributed by atoms with Gasteiger partial charge >= 0.3 is 6.09 Å². The Morgan fingerprint density at radius 3 is 2.50 bits per heavy atom. The maximum atomic E-state index is 12.2. The van der Waals surface area contributed by atoms with Gasteiger partial charge in [0.05, 0.1) is 15.7 Å². The van der Waals surface area contributed by atoms with Crippen LogP contribution in [0.5, 0.6) is 0 Å². The average molecular weight is 276 g/mol. The van der Waals surface area contributed by atoms with Crippen molar-refractivity contribution in [3.05, 3.63) is 0 Å². The summed E-state index contributed by atoms with van der Waals surface area (Å²) in [5.74, 6) is 0. The quantitative estimate of drug-likeness (QED) is 0.810. The Bertz CT molecular complexity index is 341. The molecule has 1 heterocycles. The minimum absolute atomic E-state index is 0.344. The van der Waals surface area contributed by atoms with Crippen molar-refractivity contribution in [1.29, 1.82) is 0 Å². The summed E-state index contributed by atoms with van der Waals surface area (Å²) in [5, 5.41) is 9.11. The highest BCUT2D eigenvalue weighted by Crippen LogP contribution is 2.23. The zero-order valence-electron chi connectivity index (χ0n) is 11.7. The highest BCUT2D eigenvalue weighted by Gasteiger charge is 2.35. The summed E-state index contributed by atoms with van der Waals surface area (Å²) in [7, 11) is -1.18. The Hall–Kier alpha value is -0.620. The standard InChI is InChI=1S/C12H24N2O3S/c1-11(2,3)18(17)13-12(4)7-5-6-8-14(9-12)10(15)16/h13H,5-9H2,1-4H3,(H,15,16). The summed E-state index contributed by atoms with van der Waals surface area (Å²) < 4.78 is 14.9. The van der Waals surface area contributed by atoms with E-state index >= 15 is 0 Å². The molecule has 1 aliphatic rings. The second-order valence-electron chi connectivity index (χ2n) is 6.21. The van der Waals surface area contributed by atoms with Gasteiger partial charge in [0.25, 0.3) is 0 Å². The summed E-state index contributed by atoms with van der Waals surface area (Å²) >= 11 is 0. The number of rotatable bonds is 2. The predicted molar refractivity (Wildman–Crippen MR) is 72.9 cm³/mol.